The second-order valence-corrected chi connectivity index (χ2v) is 6.83. The number of hydrogen-bond acceptors (Lipinski definition) is 3. The summed E-state index contributed by atoms with van der Waals surface area (Å²) >= 11 is 7.95. The molecule has 2 aromatic rings. The molecule has 1 heterocycles. The highest BCUT2D eigenvalue weighted by Gasteiger charge is 2.21. The predicted octanol–water partition coefficient (Wildman–Crippen LogP) is 4.29. The minimum atomic E-state index is 0.712. The standard InChI is InChI=1S/C16H19ClN2S/c1-19(11-15-3-2-8-20-15)16-7-4-13(17)9-12(16)10-18-14-5-6-14/h2-4,7-9,14,18H,5-6,10-11H2,1H3. The molecule has 4 heteroatoms. The van der Waals surface area contributed by atoms with Crippen molar-refractivity contribution in [3.8, 4) is 0 Å². The van der Waals surface area contributed by atoms with Gasteiger partial charge in [-0.1, -0.05) is 17.7 Å². The van der Waals surface area contributed by atoms with Gasteiger partial charge in [-0.25, -0.2) is 0 Å². The van der Waals surface area contributed by atoms with E-state index in [-0.39, 0.29) is 0 Å². The summed E-state index contributed by atoms with van der Waals surface area (Å²) in [6.07, 6.45) is 2.61. The number of thiophene rings is 1. The normalized spacial score (nSPS) is 14.5. The summed E-state index contributed by atoms with van der Waals surface area (Å²) in [7, 11) is 2.14. The number of hydrogen-bond donors (Lipinski definition) is 1. The van der Waals surface area contributed by atoms with Gasteiger partial charge >= 0.3 is 0 Å². The molecule has 0 aliphatic heterocycles. The van der Waals surface area contributed by atoms with E-state index in [1.165, 1.54) is 29.0 Å². The third-order valence-electron chi connectivity index (χ3n) is 3.58. The van der Waals surface area contributed by atoms with Crippen LogP contribution >= 0.6 is 22.9 Å². The van der Waals surface area contributed by atoms with Gasteiger partial charge in [0.05, 0.1) is 6.54 Å². The van der Waals surface area contributed by atoms with E-state index in [2.05, 4.69) is 46.9 Å². The first-order valence-corrected chi connectivity index (χ1v) is 8.23. The first-order chi connectivity index (χ1) is 9.72. The fourth-order valence-corrected chi connectivity index (χ4v) is 3.28. The highest BCUT2D eigenvalue weighted by atomic mass is 35.5. The van der Waals surface area contributed by atoms with Crippen molar-refractivity contribution in [2.45, 2.75) is 32.0 Å². The maximum absolute atomic E-state index is 6.15. The lowest BCUT2D eigenvalue weighted by molar-refractivity contribution is 0.685. The van der Waals surface area contributed by atoms with Gasteiger partial charge < -0.3 is 10.2 Å². The third kappa shape index (κ3) is 3.54. The molecule has 1 fully saturated rings. The third-order valence-corrected chi connectivity index (χ3v) is 4.68. The molecule has 20 heavy (non-hydrogen) atoms. The number of benzene rings is 1. The summed E-state index contributed by atoms with van der Waals surface area (Å²) in [4.78, 5) is 3.68. The molecule has 1 aromatic heterocycles. The van der Waals surface area contributed by atoms with Crippen LogP contribution in [0.15, 0.2) is 35.7 Å². The van der Waals surface area contributed by atoms with Gasteiger partial charge in [0.15, 0.2) is 0 Å². The van der Waals surface area contributed by atoms with Gasteiger partial charge in [0.1, 0.15) is 0 Å². The fourth-order valence-electron chi connectivity index (χ4n) is 2.33. The van der Waals surface area contributed by atoms with Crippen LogP contribution in [-0.4, -0.2) is 13.1 Å². The fraction of sp³-hybridized carbons (Fsp3) is 0.375. The zero-order valence-corrected chi connectivity index (χ0v) is 13.2. The molecule has 0 spiro atoms. The Morgan fingerprint density at radius 3 is 2.90 bits per heavy atom. The van der Waals surface area contributed by atoms with Crippen LogP contribution in [0, 0.1) is 0 Å². The highest BCUT2D eigenvalue weighted by molar-refractivity contribution is 7.09. The van der Waals surface area contributed by atoms with Crippen molar-refractivity contribution in [1.29, 1.82) is 0 Å². The molecule has 106 valence electrons. The average molecular weight is 307 g/mol. The zero-order chi connectivity index (χ0) is 13.9. The van der Waals surface area contributed by atoms with E-state index in [1.54, 1.807) is 11.3 Å². The minimum Gasteiger partial charge on any atom is -0.369 e. The van der Waals surface area contributed by atoms with E-state index >= 15 is 0 Å². The SMILES string of the molecule is CN(Cc1cccs1)c1ccc(Cl)cc1CNC1CC1. The van der Waals surface area contributed by atoms with Gasteiger partial charge in [0.25, 0.3) is 0 Å². The summed E-state index contributed by atoms with van der Waals surface area (Å²) < 4.78 is 0. The molecule has 0 radical (unpaired) electrons. The molecule has 0 atom stereocenters. The number of anilines is 1. The van der Waals surface area contributed by atoms with Gasteiger partial charge in [0, 0.05) is 35.2 Å². The van der Waals surface area contributed by atoms with Crippen LogP contribution < -0.4 is 10.2 Å². The average Bonchev–Trinajstić information content (AvgIpc) is 3.13. The smallest absolute Gasteiger partial charge is 0.0519 e. The van der Waals surface area contributed by atoms with Crippen molar-refractivity contribution < 1.29 is 0 Å². The molecule has 2 nitrogen and oxygen atoms in total. The predicted molar refractivity (Wildman–Crippen MR) is 87.7 cm³/mol. The van der Waals surface area contributed by atoms with Gasteiger partial charge in [0.2, 0.25) is 0 Å². The van der Waals surface area contributed by atoms with Crippen LogP contribution in [0.2, 0.25) is 5.02 Å². The number of halogens is 1. The Balaban J connectivity index is 1.75. The molecule has 1 saturated carbocycles. The molecular weight excluding hydrogens is 288 g/mol. The van der Waals surface area contributed by atoms with Gasteiger partial charge in [-0.15, -0.1) is 11.3 Å². The van der Waals surface area contributed by atoms with Crippen LogP contribution in [0.5, 0.6) is 0 Å². The lowest BCUT2D eigenvalue weighted by atomic mass is 10.1. The lowest BCUT2D eigenvalue weighted by Crippen LogP contribution is -2.21. The lowest BCUT2D eigenvalue weighted by Gasteiger charge is -2.22. The molecule has 1 aliphatic rings. The van der Waals surface area contributed by atoms with Crippen molar-refractivity contribution in [2.24, 2.45) is 0 Å². The van der Waals surface area contributed by atoms with Crippen LogP contribution in [0.3, 0.4) is 0 Å². The molecule has 1 aliphatic carbocycles. The largest absolute Gasteiger partial charge is 0.369 e. The Bertz CT molecular complexity index is 564. The second-order valence-electron chi connectivity index (χ2n) is 5.36. The summed E-state index contributed by atoms with van der Waals surface area (Å²) in [5.74, 6) is 0. The molecule has 0 bridgehead atoms. The number of nitrogens with one attached hydrogen (secondary N) is 1. The van der Waals surface area contributed by atoms with Crippen LogP contribution in [-0.2, 0) is 13.1 Å². The topological polar surface area (TPSA) is 15.3 Å². The van der Waals surface area contributed by atoms with Crippen LogP contribution in [0.1, 0.15) is 23.3 Å². The highest BCUT2D eigenvalue weighted by Crippen LogP contribution is 2.27. The van der Waals surface area contributed by atoms with Gasteiger partial charge in [-0.3, -0.25) is 0 Å². The van der Waals surface area contributed by atoms with Crippen LogP contribution in [0.25, 0.3) is 0 Å². The van der Waals surface area contributed by atoms with Gasteiger partial charge in [-0.05, 0) is 48.1 Å². The van der Waals surface area contributed by atoms with Crippen molar-refractivity contribution >= 4 is 28.6 Å². The monoisotopic (exact) mass is 306 g/mol. The first-order valence-electron chi connectivity index (χ1n) is 6.98. The van der Waals surface area contributed by atoms with Gasteiger partial charge in [-0.2, -0.15) is 0 Å². The molecule has 3 rings (SSSR count). The van der Waals surface area contributed by atoms with E-state index in [4.69, 9.17) is 11.6 Å². The summed E-state index contributed by atoms with van der Waals surface area (Å²) in [6.45, 7) is 1.84. The quantitative estimate of drug-likeness (QED) is 0.856. The molecule has 0 amide bonds. The van der Waals surface area contributed by atoms with E-state index in [0.29, 0.717) is 6.04 Å². The van der Waals surface area contributed by atoms with Crippen molar-refractivity contribution in [3.63, 3.8) is 0 Å². The minimum absolute atomic E-state index is 0.712. The Hall–Kier alpha value is -1.03. The zero-order valence-electron chi connectivity index (χ0n) is 11.6. The first kappa shape index (κ1) is 13.9. The molecule has 1 N–H and O–H groups in total. The molecule has 0 unspecified atom stereocenters. The Morgan fingerprint density at radius 1 is 1.35 bits per heavy atom. The summed E-state index contributed by atoms with van der Waals surface area (Å²) in [5, 5.41) is 6.51. The van der Waals surface area contributed by atoms with E-state index < -0.39 is 0 Å². The summed E-state index contributed by atoms with van der Waals surface area (Å²) in [5.41, 5.74) is 2.54. The van der Waals surface area contributed by atoms with Crippen molar-refractivity contribution in [1.82, 2.24) is 5.32 Å². The van der Waals surface area contributed by atoms with Crippen LogP contribution in [0.4, 0.5) is 5.69 Å². The van der Waals surface area contributed by atoms with E-state index in [0.717, 1.165) is 18.1 Å². The maximum Gasteiger partial charge on any atom is 0.0519 e. The Labute approximate surface area is 129 Å². The summed E-state index contributed by atoms with van der Waals surface area (Å²) in [6, 6.07) is 11.2. The Morgan fingerprint density at radius 2 is 2.20 bits per heavy atom. The second kappa shape index (κ2) is 6.17. The molecule has 1 aromatic carbocycles. The molecule has 0 saturated heterocycles. The van der Waals surface area contributed by atoms with Crippen molar-refractivity contribution in [2.75, 3.05) is 11.9 Å². The van der Waals surface area contributed by atoms with E-state index in [1.807, 2.05) is 6.07 Å². The maximum atomic E-state index is 6.15. The van der Waals surface area contributed by atoms with Crippen molar-refractivity contribution in [3.05, 3.63) is 51.2 Å². The molecular formula is C16H19ClN2S. The van der Waals surface area contributed by atoms with E-state index in [9.17, 15) is 0 Å². The number of nitrogens with zero attached hydrogens (tertiary/aromatic N) is 1. The number of rotatable bonds is 6. The Kier molecular flexibility index (Phi) is 4.29.